The quantitative estimate of drug-likeness (QED) is 0.0339. The number of rotatable bonds is 17. The number of halogens is 6. The van der Waals surface area contributed by atoms with Crippen molar-refractivity contribution in [3.8, 4) is 34.5 Å². The van der Waals surface area contributed by atoms with E-state index in [0.29, 0.717) is 64.2 Å². The molecule has 2 aromatic heterocycles. The normalized spacial score (nSPS) is 12.7. The van der Waals surface area contributed by atoms with Gasteiger partial charge < -0.3 is 59.3 Å². The van der Waals surface area contributed by atoms with Crippen molar-refractivity contribution in [1.29, 1.82) is 0 Å². The maximum absolute atomic E-state index is 10.3. The second-order valence-electron chi connectivity index (χ2n) is 14.0. The molecule has 0 spiro atoms. The molecule has 0 bridgehead atoms. The van der Waals surface area contributed by atoms with Gasteiger partial charge >= 0.3 is 50.5 Å². The summed E-state index contributed by atoms with van der Waals surface area (Å²) in [5.74, 6) is 4.59. The van der Waals surface area contributed by atoms with Crippen LogP contribution in [0.15, 0.2) is 133 Å². The van der Waals surface area contributed by atoms with Crippen LogP contribution < -0.4 is 52.7 Å². The number of aromatic nitrogens is 2. The second kappa shape index (κ2) is 31.9. The number of fused-ring (bicyclic) bond motifs is 6. The maximum atomic E-state index is 10.3. The van der Waals surface area contributed by atoms with Gasteiger partial charge in [-0.05, 0) is 60.7 Å². The molecule has 12 nitrogen and oxygen atoms in total. The van der Waals surface area contributed by atoms with Crippen molar-refractivity contribution in [2.24, 2.45) is 5.73 Å². The standard InChI is InChI=1S/C24H26N2O4.C15H13NO2.C9H13NO2.I3.I2.HI/c1-28-21-10-4-5-11-22(21)29-14-13-25-15-17(27)16-30-23-12-6-9-20-24(23)18-7-2-3-8-19(18)26-20;1-2-5-12-11(4-1)15-13(16-12)6-3-7-14(15)18-9-10-8-17-10;1-11-8-4-2-3-5-9(8)12-7-6-10;1-3-2;1-2;/h2-12,17,25-27H,13-16H2,1H3;1-7,10,16H,8-9H2;2-5H,6-7,10H2,1H3;;;1H/q;;;-1;;. The zero-order valence-corrected chi connectivity index (χ0v) is 49.3. The van der Waals surface area contributed by atoms with Crippen molar-refractivity contribution in [2.75, 3.05) is 66.9 Å². The zero-order valence-electron chi connectivity index (χ0n) is 36.2. The summed E-state index contributed by atoms with van der Waals surface area (Å²) in [6.07, 6.45) is -0.345. The van der Waals surface area contributed by atoms with Crippen LogP contribution in [0.3, 0.4) is 0 Å². The Bertz CT molecular complexity index is 2610. The van der Waals surface area contributed by atoms with Gasteiger partial charge in [0.2, 0.25) is 0 Å². The predicted molar refractivity (Wildman–Crippen MR) is 309 cm³/mol. The average Bonchev–Trinajstić information content (AvgIpc) is 3.99. The van der Waals surface area contributed by atoms with Crippen molar-refractivity contribution < 1.29 is 51.5 Å². The van der Waals surface area contributed by atoms with E-state index in [-0.39, 0.29) is 36.7 Å². The van der Waals surface area contributed by atoms with Crippen molar-refractivity contribution in [3.63, 3.8) is 0 Å². The number of aliphatic hydroxyl groups is 1. The van der Waals surface area contributed by atoms with Gasteiger partial charge in [0.15, 0.2) is 23.0 Å². The van der Waals surface area contributed by atoms with Crippen molar-refractivity contribution in [2.45, 2.75) is 12.2 Å². The molecular formula is C48H53I6N4O8-. The van der Waals surface area contributed by atoms with Crippen LogP contribution >= 0.6 is 98.4 Å². The number of nitrogens with one attached hydrogen (secondary N) is 3. The molecule has 1 saturated heterocycles. The molecule has 1 aliphatic rings. The minimum absolute atomic E-state index is 0. The Hall–Kier alpha value is -2.06. The SMILES string of the molecule is COc1ccccc1OCCN.COc1ccccc1OCCNCC(O)COc1cccc2[nH]c3ccccc3c12.I.II.I[I-]I.c1ccc2c(c1)[nH]c1cccc(OCC3CO3)c12. The molecule has 8 aromatic rings. The number of epoxide rings is 1. The molecule has 18 heteroatoms. The summed E-state index contributed by atoms with van der Waals surface area (Å²) in [7, 11) is 3.23. The van der Waals surface area contributed by atoms with Crippen LogP contribution in [0.25, 0.3) is 43.6 Å². The number of hydrogen-bond acceptors (Lipinski definition) is 10. The van der Waals surface area contributed by atoms with Gasteiger partial charge in [0.05, 0.1) is 31.9 Å². The molecule has 6 N–H and O–H groups in total. The first-order chi connectivity index (χ1) is 32.0. The van der Waals surface area contributed by atoms with E-state index < -0.39 is 6.10 Å². The number of para-hydroxylation sites is 6. The number of hydrogen-bond donors (Lipinski definition) is 5. The molecule has 2 atom stereocenters. The van der Waals surface area contributed by atoms with E-state index in [4.69, 9.17) is 38.9 Å². The first kappa shape index (κ1) is 56.5. The largest absolute Gasteiger partial charge is 0.490 e. The Labute approximate surface area is 455 Å². The van der Waals surface area contributed by atoms with Gasteiger partial charge in [-0.1, -0.05) is 72.8 Å². The van der Waals surface area contributed by atoms with Gasteiger partial charge in [0, 0.05) is 89.4 Å². The van der Waals surface area contributed by atoms with E-state index in [2.05, 4.69) is 120 Å². The minimum atomic E-state index is -0.628. The van der Waals surface area contributed by atoms with Crippen LogP contribution in [-0.4, -0.2) is 94.2 Å². The fourth-order valence-corrected chi connectivity index (χ4v) is 6.72. The third kappa shape index (κ3) is 17.4. The fourth-order valence-electron chi connectivity index (χ4n) is 6.72. The van der Waals surface area contributed by atoms with E-state index in [1.165, 1.54) is 5.39 Å². The molecule has 6 aromatic carbocycles. The topological polar surface area (TPSA) is 158 Å². The molecule has 3 heterocycles. The number of ether oxygens (including phenoxy) is 7. The Kier molecular flexibility index (Phi) is 27.4. The summed E-state index contributed by atoms with van der Waals surface area (Å²) in [5, 5.41) is 18.0. The maximum Gasteiger partial charge on any atom is 0.129 e. The monoisotopic (exact) mass is 1570 g/mol. The van der Waals surface area contributed by atoms with Crippen molar-refractivity contribution in [1.82, 2.24) is 15.3 Å². The first-order valence-corrected chi connectivity index (χ1v) is 39.3. The van der Waals surface area contributed by atoms with Gasteiger partial charge in [-0.15, -0.1) is 24.0 Å². The molecule has 1 aliphatic heterocycles. The number of aliphatic hydroxyl groups excluding tert-OH is 1. The first-order valence-electron chi connectivity index (χ1n) is 20.5. The molecule has 0 saturated carbocycles. The Morgan fingerprint density at radius 3 is 1.55 bits per heavy atom. The summed E-state index contributed by atoms with van der Waals surface area (Å²) in [4.78, 5) is 6.81. The van der Waals surface area contributed by atoms with Crippen LogP contribution in [-0.2, 0) is 4.74 Å². The van der Waals surface area contributed by atoms with Crippen LogP contribution in [0.1, 0.15) is 0 Å². The van der Waals surface area contributed by atoms with Gasteiger partial charge in [0.25, 0.3) is 0 Å². The van der Waals surface area contributed by atoms with Gasteiger partial charge in [0.1, 0.15) is 50.1 Å². The number of methoxy groups -OCH3 is 2. The minimum Gasteiger partial charge on any atom is -0.490 e. The van der Waals surface area contributed by atoms with Crippen LogP contribution in [0, 0.1) is 0 Å². The summed E-state index contributed by atoms with van der Waals surface area (Å²) in [6, 6.07) is 43.5. The van der Waals surface area contributed by atoms with Crippen molar-refractivity contribution in [3.05, 3.63) is 133 Å². The molecule has 9 rings (SSSR count). The van der Waals surface area contributed by atoms with Crippen molar-refractivity contribution >= 4 is 142 Å². The molecular weight excluding hydrogens is 1520 g/mol. The number of H-pyrrole nitrogens is 2. The number of benzene rings is 6. The smallest absolute Gasteiger partial charge is 0.129 e. The van der Waals surface area contributed by atoms with E-state index in [0.717, 1.165) is 67.8 Å². The Balaban J connectivity index is 0.000000224. The second-order valence-corrected chi connectivity index (χ2v) is 30.2. The summed E-state index contributed by atoms with van der Waals surface area (Å²) in [5.41, 5.74) is 9.66. The zero-order chi connectivity index (χ0) is 46.2. The molecule has 356 valence electrons. The number of aromatic amines is 2. The van der Waals surface area contributed by atoms with E-state index in [1.54, 1.807) is 14.2 Å². The molecule has 0 amide bonds. The molecule has 0 radical (unpaired) electrons. The van der Waals surface area contributed by atoms with E-state index >= 15 is 0 Å². The third-order valence-corrected chi connectivity index (χ3v) is 9.67. The summed E-state index contributed by atoms with van der Waals surface area (Å²) < 4.78 is 38.4. The fraction of sp³-hybridized carbons (Fsp3) is 0.250. The Morgan fingerprint density at radius 2 is 1.06 bits per heavy atom. The van der Waals surface area contributed by atoms with E-state index in [9.17, 15) is 5.11 Å². The van der Waals surface area contributed by atoms with Crippen LogP contribution in [0.4, 0.5) is 0 Å². The average molecular weight is 1580 g/mol. The molecule has 1 fully saturated rings. The van der Waals surface area contributed by atoms with Crippen LogP contribution in [0.2, 0.25) is 0 Å². The predicted octanol–water partition coefficient (Wildman–Crippen LogP) is 9.03. The van der Waals surface area contributed by atoms with Gasteiger partial charge in [-0.3, -0.25) is 0 Å². The van der Waals surface area contributed by atoms with Crippen LogP contribution in [0.5, 0.6) is 34.5 Å². The third-order valence-electron chi connectivity index (χ3n) is 9.67. The number of nitrogens with two attached hydrogens (primary N) is 1. The summed E-state index contributed by atoms with van der Waals surface area (Å²) >= 11 is 9.54. The van der Waals surface area contributed by atoms with Gasteiger partial charge in [-0.25, -0.2) is 0 Å². The molecule has 0 aliphatic carbocycles. The van der Waals surface area contributed by atoms with Gasteiger partial charge in [-0.2, -0.15) is 0 Å². The molecule has 66 heavy (non-hydrogen) atoms. The Morgan fingerprint density at radius 1 is 0.636 bits per heavy atom. The van der Waals surface area contributed by atoms with E-state index in [1.807, 2.05) is 103 Å². The summed E-state index contributed by atoms with van der Waals surface area (Å²) in [6.45, 7) is 4.19. The molecule has 2 unspecified atom stereocenters.